The molecule has 1 saturated heterocycles. The summed E-state index contributed by atoms with van der Waals surface area (Å²) < 4.78 is 0. The fraction of sp³-hybridized carbons (Fsp3) is 0.617. The molecule has 0 spiro atoms. The highest BCUT2D eigenvalue weighted by molar-refractivity contribution is 9.27. The Labute approximate surface area is 381 Å². The molecule has 0 amide bonds. The largest absolute Gasteiger partial charge is 0.0856 e. The zero-order valence-corrected chi connectivity index (χ0v) is 44.4. The molecule has 0 bridgehead atoms. The van der Waals surface area contributed by atoms with Crippen LogP contribution in [-0.4, -0.2) is 21.5 Å². The Hall–Kier alpha value is 0.810. The first-order valence-corrected chi connectivity index (χ1v) is 31.6. The fourth-order valence-electron chi connectivity index (χ4n) is 6.05. The number of allylic oxidation sites excluding steroid dienone is 13. The molecule has 0 radical (unpaired) electrons. The molecule has 2 aliphatic heterocycles. The molecule has 0 aromatic carbocycles. The molecule has 0 nitrogen and oxygen atoms in total. The maximum atomic E-state index is 2.61. The van der Waals surface area contributed by atoms with Gasteiger partial charge in [0.2, 0.25) is 0 Å². The summed E-state index contributed by atoms with van der Waals surface area (Å²) in [6.45, 7) is 30.2. The van der Waals surface area contributed by atoms with Crippen LogP contribution >= 0.6 is 94.2 Å². The van der Waals surface area contributed by atoms with E-state index in [2.05, 4.69) is 176 Å². The second-order valence-corrected chi connectivity index (χ2v) is 28.7. The maximum Gasteiger partial charge on any atom is 0.0529 e. The molecule has 2 aliphatic rings. The summed E-state index contributed by atoms with van der Waals surface area (Å²) in [5.41, 5.74) is 13.7. The summed E-state index contributed by atoms with van der Waals surface area (Å²) in [7, 11) is 18.2. The van der Waals surface area contributed by atoms with Crippen LogP contribution in [0.4, 0.5) is 0 Å². The number of hydrogen-bond acceptors (Lipinski definition) is 9. The van der Waals surface area contributed by atoms with Crippen LogP contribution in [-0.2, 0) is 0 Å². The molecule has 0 saturated carbocycles. The summed E-state index contributed by atoms with van der Waals surface area (Å²) in [6.07, 6.45) is 30.0. The Morgan fingerprint density at radius 1 is 0.768 bits per heavy atom. The van der Waals surface area contributed by atoms with E-state index in [4.69, 9.17) is 0 Å². The van der Waals surface area contributed by atoms with Crippen molar-refractivity contribution in [3.05, 3.63) is 103 Å². The molecule has 4 atom stereocenters. The molecule has 0 aliphatic carbocycles. The van der Waals surface area contributed by atoms with Gasteiger partial charge in [0.25, 0.3) is 0 Å². The molecular formula is C47H74S9. The third-order valence-corrected chi connectivity index (χ3v) is 24.4. The van der Waals surface area contributed by atoms with Crippen LogP contribution in [0, 0.1) is 5.92 Å². The van der Waals surface area contributed by atoms with Gasteiger partial charge in [-0.15, -0.1) is 0 Å². The van der Waals surface area contributed by atoms with Gasteiger partial charge in [-0.3, -0.25) is 0 Å². The Balaban J connectivity index is 2.53. The van der Waals surface area contributed by atoms with Crippen molar-refractivity contribution < 1.29 is 0 Å². The van der Waals surface area contributed by atoms with Gasteiger partial charge in [0, 0.05) is 15.9 Å². The van der Waals surface area contributed by atoms with E-state index in [1.165, 1.54) is 45.6 Å². The molecule has 2 rings (SSSR count). The van der Waals surface area contributed by atoms with E-state index in [1.54, 1.807) is 27.2 Å². The Morgan fingerprint density at radius 3 is 2.20 bits per heavy atom. The van der Waals surface area contributed by atoms with E-state index in [9.17, 15) is 0 Å². The zero-order chi connectivity index (χ0) is 41.5. The van der Waals surface area contributed by atoms with E-state index in [0.29, 0.717) is 21.7 Å². The van der Waals surface area contributed by atoms with Crippen molar-refractivity contribution >= 4 is 94.2 Å². The molecular weight excluding hydrogens is 853 g/mol. The maximum absolute atomic E-state index is 2.61. The van der Waals surface area contributed by atoms with Crippen LogP contribution in [0.3, 0.4) is 0 Å². The SMILES string of the molecule is CC/C(C)=C\C1C/C(C)=C\C2SSSSC2/C(C)=C\C/C(=C(/C)CCC=C(C)C)SSC/C(=C(\C)CC)CC/C(C)=C/CCC(C)/C=C(\C=C(/C)CC)SSS1. The van der Waals surface area contributed by atoms with Crippen LogP contribution in [0.15, 0.2) is 103 Å². The Morgan fingerprint density at radius 2 is 1.50 bits per heavy atom. The number of hydrogen-bond donors (Lipinski definition) is 0. The summed E-state index contributed by atoms with van der Waals surface area (Å²) in [6, 6.07) is 0. The Kier molecular flexibility index (Phi) is 29.1. The minimum Gasteiger partial charge on any atom is -0.0856 e. The van der Waals surface area contributed by atoms with Gasteiger partial charge in [0.15, 0.2) is 0 Å². The van der Waals surface area contributed by atoms with Gasteiger partial charge in [-0.05, 0) is 190 Å². The van der Waals surface area contributed by atoms with Crippen LogP contribution in [0.1, 0.15) is 161 Å². The van der Waals surface area contributed by atoms with Crippen molar-refractivity contribution in [2.75, 3.05) is 5.75 Å². The van der Waals surface area contributed by atoms with Gasteiger partial charge in [-0.25, -0.2) is 0 Å². The summed E-state index contributed by atoms with van der Waals surface area (Å²) in [5.74, 6) is 1.65. The highest BCUT2D eigenvalue weighted by atomic mass is 33.7. The first-order valence-electron chi connectivity index (χ1n) is 20.8. The minimum atomic E-state index is 0.455. The van der Waals surface area contributed by atoms with Crippen molar-refractivity contribution in [1.82, 2.24) is 0 Å². The molecule has 1 fully saturated rings. The second-order valence-electron chi connectivity index (χ2n) is 15.9. The third kappa shape index (κ3) is 22.6. The molecule has 2 heterocycles. The van der Waals surface area contributed by atoms with Crippen molar-refractivity contribution in [2.45, 2.75) is 176 Å². The van der Waals surface area contributed by atoms with Crippen LogP contribution < -0.4 is 0 Å². The molecule has 0 aromatic rings. The standard InChI is InChI=1S/C47H74S9/c1-14-34(6)27-43-29-37(9)21-18-20-36(8)23-25-42(39(11)16-3)32-48-51-45(40(12)22-17-19-33(4)5)26-24-41(13)47-46(52-55-56-53-47)31-38(10)30-44(50-54-49-43)28-35(7)15-2/h19-20,24,27-29,31,37,44,46-47H,14-18,21-23,25-26,30,32H2,1-13H3/b34-27+,35-28-,36-20+,38-31-,41-24-,42-39+,43-29+,45-40+. The van der Waals surface area contributed by atoms with Crippen molar-refractivity contribution in [2.24, 2.45) is 5.92 Å². The predicted octanol–water partition coefficient (Wildman–Crippen LogP) is 20.4. The van der Waals surface area contributed by atoms with Gasteiger partial charge < -0.3 is 0 Å². The molecule has 0 aromatic heterocycles. The second kappa shape index (κ2) is 30.8. The lowest BCUT2D eigenvalue weighted by atomic mass is 9.99. The van der Waals surface area contributed by atoms with Gasteiger partial charge in [0.05, 0.1) is 10.5 Å². The van der Waals surface area contributed by atoms with Crippen LogP contribution in [0.2, 0.25) is 0 Å². The van der Waals surface area contributed by atoms with Gasteiger partial charge in [-0.2, -0.15) is 0 Å². The summed E-state index contributed by atoms with van der Waals surface area (Å²) in [5, 5.41) is 1.41. The number of fused-ring (bicyclic) bond motifs is 1. The lowest BCUT2D eigenvalue weighted by Crippen LogP contribution is -2.20. The third-order valence-electron chi connectivity index (χ3n) is 10.4. The molecule has 56 heavy (non-hydrogen) atoms. The molecule has 316 valence electrons. The van der Waals surface area contributed by atoms with E-state index in [1.807, 2.05) is 51.1 Å². The first kappa shape index (κ1) is 52.9. The van der Waals surface area contributed by atoms with Crippen molar-refractivity contribution in [3.63, 3.8) is 0 Å². The van der Waals surface area contributed by atoms with Crippen LogP contribution in [0.25, 0.3) is 0 Å². The summed E-state index contributed by atoms with van der Waals surface area (Å²) in [4.78, 5) is 2.97. The fourth-order valence-corrected chi connectivity index (χ4v) is 21.5. The summed E-state index contributed by atoms with van der Waals surface area (Å²) >= 11 is 0. The highest BCUT2D eigenvalue weighted by Gasteiger charge is 2.28. The van der Waals surface area contributed by atoms with Crippen molar-refractivity contribution in [1.29, 1.82) is 0 Å². The van der Waals surface area contributed by atoms with E-state index >= 15 is 0 Å². The van der Waals surface area contributed by atoms with Crippen LogP contribution in [0.5, 0.6) is 0 Å². The van der Waals surface area contributed by atoms with Crippen molar-refractivity contribution in [3.8, 4) is 0 Å². The Bertz CT molecular complexity index is 1480. The highest BCUT2D eigenvalue weighted by Crippen LogP contribution is 2.57. The monoisotopic (exact) mass is 926 g/mol. The molecule has 4 unspecified atom stereocenters. The minimum absolute atomic E-state index is 0.455. The van der Waals surface area contributed by atoms with Gasteiger partial charge in [-0.1, -0.05) is 168 Å². The van der Waals surface area contributed by atoms with E-state index < -0.39 is 0 Å². The normalized spacial score (nSPS) is 29.9. The molecule has 9 heteroatoms. The lowest BCUT2D eigenvalue weighted by Gasteiger charge is -2.28. The smallest absolute Gasteiger partial charge is 0.0529 e. The number of rotatable bonds is 8. The quantitative estimate of drug-likeness (QED) is 0.171. The topological polar surface area (TPSA) is 0 Å². The predicted molar refractivity (Wildman–Crippen MR) is 283 cm³/mol. The average molecular weight is 928 g/mol. The lowest BCUT2D eigenvalue weighted by molar-refractivity contribution is 0.654. The van der Waals surface area contributed by atoms with Gasteiger partial charge >= 0.3 is 0 Å². The first-order chi connectivity index (χ1) is 26.8. The average Bonchev–Trinajstić information content (AvgIpc) is 3.16. The van der Waals surface area contributed by atoms with E-state index in [0.717, 1.165) is 63.5 Å². The van der Waals surface area contributed by atoms with Gasteiger partial charge in [0.1, 0.15) is 0 Å². The van der Waals surface area contributed by atoms with E-state index in [-0.39, 0.29) is 0 Å². The molecule has 0 N–H and O–H groups in total. The zero-order valence-electron chi connectivity index (χ0n) is 37.0.